The zero-order valence-electron chi connectivity index (χ0n) is 21.9. The lowest BCUT2D eigenvalue weighted by molar-refractivity contribution is -0.267. The molecular formula is C27H29NO12S. The minimum Gasteiger partial charge on any atom is -0.504 e. The molecule has 14 heteroatoms. The molecule has 0 spiro atoms. The van der Waals surface area contributed by atoms with Gasteiger partial charge in [-0.1, -0.05) is 30.3 Å². The molecule has 2 heterocycles. The summed E-state index contributed by atoms with van der Waals surface area (Å²) >= 11 is 1.42. The number of rotatable bonds is 9. The maximum atomic E-state index is 13.0. The van der Waals surface area contributed by atoms with E-state index < -0.39 is 71.3 Å². The summed E-state index contributed by atoms with van der Waals surface area (Å²) in [6.07, 6.45) is -7.48. The van der Waals surface area contributed by atoms with E-state index in [9.17, 15) is 39.9 Å². The van der Waals surface area contributed by atoms with Gasteiger partial charge in [-0.25, -0.2) is 4.79 Å². The summed E-state index contributed by atoms with van der Waals surface area (Å²) in [6, 6.07) is 9.74. The van der Waals surface area contributed by atoms with Gasteiger partial charge in [-0.2, -0.15) is 11.8 Å². The van der Waals surface area contributed by atoms with Gasteiger partial charge in [0.25, 0.3) is 5.91 Å². The predicted molar refractivity (Wildman–Crippen MR) is 146 cm³/mol. The maximum Gasteiger partial charge on any atom is 0.328 e. The van der Waals surface area contributed by atoms with E-state index in [0.29, 0.717) is 11.3 Å². The van der Waals surface area contributed by atoms with Crippen LogP contribution < -0.4 is 15.5 Å². The number of carbonyl (C=O) groups excluding carboxylic acids is 2. The number of phenolic OH excluding ortho intramolecular Hbond substituents is 2. The van der Waals surface area contributed by atoms with E-state index in [2.05, 4.69) is 5.32 Å². The number of hydrogen-bond donors (Lipinski definition) is 6. The highest BCUT2D eigenvalue weighted by Gasteiger charge is 2.48. The first kappa shape index (κ1) is 30.1. The largest absolute Gasteiger partial charge is 0.504 e. The number of carbonyl (C=O) groups is 2. The summed E-state index contributed by atoms with van der Waals surface area (Å²) in [5.74, 6) is -3.39. The number of phenols is 2. The van der Waals surface area contributed by atoms with Crippen molar-refractivity contribution < 1.29 is 53.7 Å². The molecule has 1 amide bonds. The predicted octanol–water partition coefficient (Wildman–Crippen LogP) is 0.468. The number of aromatic hydroxyl groups is 2. The van der Waals surface area contributed by atoms with E-state index in [1.165, 1.54) is 11.8 Å². The van der Waals surface area contributed by atoms with Crippen LogP contribution in [0.15, 0.2) is 51.7 Å². The Morgan fingerprint density at radius 1 is 1.05 bits per heavy atom. The molecule has 4 unspecified atom stereocenters. The second-order valence-electron chi connectivity index (χ2n) is 9.17. The summed E-state index contributed by atoms with van der Waals surface area (Å²) in [7, 11) is 1.15. The molecule has 1 aliphatic heterocycles. The van der Waals surface area contributed by atoms with Gasteiger partial charge >= 0.3 is 5.97 Å². The number of methoxy groups -OCH3 is 1. The number of nitrogens with one attached hydrogen (secondary N) is 1. The topological polar surface area (TPSA) is 205 Å². The molecule has 1 aromatic heterocycles. The van der Waals surface area contributed by atoms with Crippen LogP contribution in [0, 0.1) is 0 Å². The lowest BCUT2D eigenvalue weighted by Crippen LogP contribution is -2.63. The average Bonchev–Trinajstić information content (AvgIpc) is 2.97. The fraction of sp³-hybridized carbons (Fsp3) is 0.370. The zero-order valence-corrected chi connectivity index (χ0v) is 22.7. The third-order valence-corrected chi connectivity index (χ3v) is 7.12. The number of benzene rings is 2. The molecule has 0 bridgehead atoms. The van der Waals surface area contributed by atoms with Crippen LogP contribution in [0.1, 0.15) is 6.42 Å². The molecule has 1 fully saturated rings. The van der Waals surface area contributed by atoms with Crippen LogP contribution in [0.5, 0.6) is 17.2 Å². The molecular weight excluding hydrogens is 562 g/mol. The monoisotopic (exact) mass is 591 g/mol. The van der Waals surface area contributed by atoms with Crippen molar-refractivity contribution in [3.8, 4) is 28.6 Å². The van der Waals surface area contributed by atoms with Crippen molar-refractivity contribution in [1.82, 2.24) is 5.32 Å². The van der Waals surface area contributed by atoms with Crippen molar-refractivity contribution >= 4 is 34.6 Å². The fourth-order valence-electron chi connectivity index (χ4n) is 4.27. The van der Waals surface area contributed by atoms with Crippen LogP contribution in [0.2, 0.25) is 0 Å². The van der Waals surface area contributed by atoms with E-state index in [1.807, 2.05) is 0 Å². The van der Waals surface area contributed by atoms with Crippen molar-refractivity contribution in [2.45, 2.75) is 43.2 Å². The smallest absolute Gasteiger partial charge is 0.328 e. The molecule has 4 rings (SSSR count). The van der Waals surface area contributed by atoms with E-state index in [4.69, 9.17) is 18.6 Å². The number of thioether (sulfide) groups is 1. The van der Waals surface area contributed by atoms with Crippen LogP contribution >= 0.6 is 11.8 Å². The van der Waals surface area contributed by atoms with Gasteiger partial charge in [0, 0.05) is 17.7 Å². The number of fused-ring (bicyclic) bond motifs is 1. The van der Waals surface area contributed by atoms with Crippen LogP contribution in [0.4, 0.5) is 0 Å². The van der Waals surface area contributed by atoms with Crippen molar-refractivity contribution in [2.24, 2.45) is 0 Å². The van der Waals surface area contributed by atoms with Gasteiger partial charge in [0.2, 0.25) is 12.0 Å². The maximum absolute atomic E-state index is 13.0. The van der Waals surface area contributed by atoms with Gasteiger partial charge in [-0.05, 0) is 18.4 Å². The molecule has 1 saturated heterocycles. The molecule has 41 heavy (non-hydrogen) atoms. The standard InChI is InChI=1S/C27H29NO12S/c1-37-26(36)13(8-9-41-2)28-25(35)24-22(33)21(32)23(34)27(40-24)39-17-11-16-18(20(31)19(17)30)14(29)10-15(38-16)12-6-4-3-5-7-12/h3-7,10-11,13,21-24,27,30-34H,8-9H2,1-2H3,(H,28,35)/t13?,21?,22-,23?,24?,27-/m1/s1. The second-order valence-corrected chi connectivity index (χ2v) is 10.2. The second kappa shape index (κ2) is 12.8. The van der Waals surface area contributed by atoms with Crippen molar-refractivity contribution in [3.63, 3.8) is 0 Å². The third kappa shape index (κ3) is 6.26. The number of ether oxygens (including phenoxy) is 3. The summed E-state index contributed by atoms with van der Waals surface area (Å²) in [5.41, 5.74) is -0.284. The minimum atomic E-state index is -1.95. The molecule has 1 aliphatic rings. The Morgan fingerprint density at radius 2 is 1.76 bits per heavy atom. The van der Waals surface area contributed by atoms with Crippen molar-refractivity contribution in [1.29, 1.82) is 0 Å². The number of aliphatic hydroxyl groups excluding tert-OH is 3. The molecule has 0 radical (unpaired) electrons. The van der Waals surface area contributed by atoms with E-state index in [-0.39, 0.29) is 23.2 Å². The van der Waals surface area contributed by atoms with Gasteiger partial charge in [0.1, 0.15) is 41.1 Å². The molecule has 6 atom stereocenters. The highest BCUT2D eigenvalue weighted by atomic mass is 32.2. The first-order valence-electron chi connectivity index (χ1n) is 12.4. The van der Waals surface area contributed by atoms with E-state index in [0.717, 1.165) is 19.2 Å². The Bertz CT molecular complexity index is 1460. The molecule has 13 nitrogen and oxygen atoms in total. The summed E-state index contributed by atoms with van der Waals surface area (Å²) in [6.45, 7) is 0. The third-order valence-electron chi connectivity index (χ3n) is 6.47. The number of esters is 1. The lowest BCUT2D eigenvalue weighted by Gasteiger charge is -2.39. The van der Waals surface area contributed by atoms with E-state index >= 15 is 0 Å². The Morgan fingerprint density at radius 3 is 2.41 bits per heavy atom. The highest BCUT2D eigenvalue weighted by Crippen LogP contribution is 2.42. The van der Waals surface area contributed by atoms with Gasteiger partial charge in [0.15, 0.2) is 23.0 Å². The van der Waals surface area contributed by atoms with Gasteiger partial charge in [0.05, 0.1) is 7.11 Å². The van der Waals surface area contributed by atoms with Crippen LogP contribution in [-0.2, 0) is 19.1 Å². The average molecular weight is 592 g/mol. The van der Waals surface area contributed by atoms with Crippen LogP contribution in [0.25, 0.3) is 22.3 Å². The Balaban J connectivity index is 1.63. The highest BCUT2D eigenvalue weighted by molar-refractivity contribution is 7.98. The molecule has 3 aromatic rings. The zero-order chi connectivity index (χ0) is 29.8. The SMILES string of the molecule is COC(=O)C(CCSC)NC(=O)C1O[C@@H](Oc2cc3oc(-c4ccccc4)cc(=O)c3c(O)c2O)C(O)C(O)[C@H]1O. The first-order chi connectivity index (χ1) is 19.6. The van der Waals surface area contributed by atoms with Crippen molar-refractivity contribution in [2.75, 3.05) is 19.1 Å². The Labute approximate surface area is 237 Å². The molecule has 0 saturated carbocycles. The van der Waals surface area contributed by atoms with Crippen LogP contribution in [0.3, 0.4) is 0 Å². The van der Waals surface area contributed by atoms with E-state index in [1.54, 1.807) is 36.6 Å². The summed E-state index contributed by atoms with van der Waals surface area (Å²) < 4.78 is 21.5. The van der Waals surface area contributed by atoms with Gasteiger partial charge in [-0.3, -0.25) is 9.59 Å². The molecule has 2 aromatic carbocycles. The first-order valence-corrected chi connectivity index (χ1v) is 13.8. The van der Waals surface area contributed by atoms with Crippen molar-refractivity contribution in [3.05, 3.63) is 52.7 Å². The Kier molecular flexibility index (Phi) is 9.40. The van der Waals surface area contributed by atoms with Gasteiger partial charge < -0.3 is 49.5 Å². The normalized spacial score (nSPS) is 23.1. The molecule has 6 N–H and O–H groups in total. The van der Waals surface area contributed by atoms with Crippen LogP contribution in [-0.4, -0.2) is 93.3 Å². The number of aliphatic hydroxyl groups is 3. The molecule has 0 aliphatic carbocycles. The summed E-state index contributed by atoms with van der Waals surface area (Å²) in [5, 5.41) is 54.6. The number of hydrogen-bond acceptors (Lipinski definition) is 13. The summed E-state index contributed by atoms with van der Waals surface area (Å²) in [4.78, 5) is 37.8. The lowest BCUT2D eigenvalue weighted by atomic mass is 9.98. The fourth-order valence-corrected chi connectivity index (χ4v) is 4.74. The quantitative estimate of drug-likeness (QED) is 0.148. The van der Waals surface area contributed by atoms with Gasteiger partial charge in [-0.15, -0.1) is 0 Å². The minimum absolute atomic E-state index is 0.157. The molecule has 220 valence electrons. The number of amides is 1. The Hall–Kier alpha value is -3.82.